The van der Waals surface area contributed by atoms with Gasteiger partial charge in [-0.3, -0.25) is 14.4 Å². The number of anilines is 1. The van der Waals surface area contributed by atoms with Gasteiger partial charge >= 0.3 is 10.8 Å². The van der Waals surface area contributed by atoms with Crippen molar-refractivity contribution in [2.24, 2.45) is 0 Å². The zero-order valence-corrected chi connectivity index (χ0v) is 17.4. The lowest BCUT2D eigenvalue weighted by Gasteiger charge is -2.36. The molecule has 1 aromatic carbocycles. The smallest absolute Gasteiger partial charge is 0.308 e. The monoisotopic (exact) mass is 419 g/mol. The average molecular weight is 420 g/mol. The van der Waals surface area contributed by atoms with E-state index < -0.39 is 5.97 Å². The molecule has 0 radical (unpaired) electrons. The highest BCUT2D eigenvalue weighted by atomic mass is 32.1. The molecular formula is C20H25N3O5S. The van der Waals surface area contributed by atoms with Gasteiger partial charge < -0.3 is 23.8 Å². The molecule has 1 saturated heterocycles. The van der Waals surface area contributed by atoms with Crippen molar-refractivity contribution < 1.29 is 19.1 Å². The molecule has 156 valence electrons. The van der Waals surface area contributed by atoms with E-state index in [0.29, 0.717) is 26.2 Å². The van der Waals surface area contributed by atoms with Crippen molar-refractivity contribution in [2.45, 2.75) is 19.9 Å². The Bertz CT molecular complexity index is 898. The molecule has 1 aliphatic rings. The molecule has 0 N–H and O–H groups in total. The Morgan fingerprint density at radius 2 is 1.79 bits per heavy atom. The van der Waals surface area contributed by atoms with Crippen LogP contribution in [0.5, 0.6) is 5.75 Å². The first kappa shape index (κ1) is 20.9. The summed E-state index contributed by atoms with van der Waals surface area (Å²) in [6.07, 6.45) is 0.0655. The Labute approximate surface area is 173 Å². The van der Waals surface area contributed by atoms with E-state index in [-0.39, 0.29) is 30.4 Å². The first-order chi connectivity index (χ1) is 14.0. The average Bonchev–Trinajstić information content (AvgIpc) is 3.08. The van der Waals surface area contributed by atoms with E-state index in [4.69, 9.17) is 9.47 Å². The Balaban J connectivity index is 1.40. The molecular weight excluding hydrogens is 394 g/mol. The van der Waals surface area contributed by atoms with Crippen LogP contribution < -0.4 is 14.5 Å². The van der Waals surface area contributed by atoms with Gasteiger partial charge in [0, 0.05) is 49.5 Å². The molecule has 3 rings (SSSR count). The molecule has 8 nitrogen and oxygen atoms in total. The normalized spacial score (nSPS) is 14.0. The quantitative estimate of drug-likeness (QED) is 0.633. The molecule has 0 bridgehead atoms. The van der Waals surface area contributed by atoms with Crippen molar-refractivity contribution in [3.63, 3.8) is 0 Å². The van der Waals surface area contributed by atoms with Gasteiger partial charge in [0.15, 0.2) is 6.61 Å². The van der Waals surface area contributed by atoms with Gasteiger partial charge in [0.25, 0.3) is 5.91 Å². The number of hydrogen-bond donors (Lipinski definition) is 0. The molecule has 0 atom stereocenters. The number of aryl methyl sites for hydroxylation is 1. The standard InChI is InChI=1S/C20H25N3O5S/c1-15-14-29-20(26)23(15)8-7-19(25)28-13-18(24)22-11-9-21(10-12-22)16-3-5-17(27-2)6-4-16/h3-6,14H,7-13H2,1-2H3. The maximum atomic E-state index is 12.3. The van der Waals surface area contributed by atoms with Gasteiger partial charge in [0.2, 0.25) is 0 Å². The highest BCUT2D eigenvalue weighted by Gasteiger charge is 2.22. The first-order valence-electron chi connectivity index (χ1n) is 9.45. The fourth-order valence-electron chi connectivity index (χ4n) is 3.19. The van der Waals surface area contributed by atoms with Crippen molar-refractivity contribution in [2.75, 3.05) is 44.8 Å². The lowest BCUT2D eigenvalue weighted by atomic mass is 10.2. The number of aromatic nitrogens is 1. The topological polar surface area (TPSA) is 81.1 Å². The van der Waals surface area contributed by atoms with Crippen LogP contribution in [0.4, 0.5) is 5.69 Å². The zero-order chi connectivity index (χ0) is 20.8. The molecule has 1 fully saturated rings. The summed E-state index contributed by atoms with van der Waals surface area (Å²) >= 11 is 1.10. The second-order valence-corrected chi connectivity index (χ2v) is 7.59. The molecule has 1 aliphatic heterocycles. The van der Waals surface area contributed by atoms with Gasteiger partial charge in [0.05, 0.1) is 13.5 Å². The van der Waals surface area contributed by atoms with E-state index in [1.807, 2.05) is 31.2 Å². The van der Waals surface area contributed by atoms with Gasteiger partial charge in [-0.2, -0.15) is 0 Å². The summed E-state index contributed by atoms with van der Waals surface area (Å²) < 4.78 is 11.8. The molecule has 1 aromatic heterocycles. The van der Waals surface area contributed by atoms with E-state index in [2.05, 4.69) is 4.90 Å². The van der Waals surface area contributed by atoms with Crippen molar-refractivity contribution >= 4 is 28.9 Å². The summed E-state index contributed by atoms with van der Waals surface area (Å²) in [5.41, 5.74) is 1.90. The summed E-state index contributed by atoms with van der Waals surface area (Å²) in [7, 11) is 1.63. The van der Waals surface area contributed by atoms with Crippen LogP contribution in [0.2, 0.25) is 0 Å². The lowest BCUT2D eigenvalue weighted by Crippen LogP contribution is -2.49. The summed E-state index contributed by atoms with van der Waals surface area (Å²) in [6.45, 7) is 4.40. The number of nitrogens with zero attached hydrogens (tertiary/aromatic N) is 3. The fraction of sp³-hybridized carbons (Fsp3) is 0.450. The number of piperazine rings is 1. The van der Waals surface area contributed by atoms with E-state index in [0.717, 1.165) is 28.5 Å². The lowest BCUT2D eigenvalue weighted by molar-refractivity contribution is -0.152. The van der Waals surface area contributed by atoms with Gasteiger partial charge in [-0.1, -0.05) is 11.3 Å². The largest absolute Gasteiger partial charge is 0.497 e. The molecule has 1 amide bonds. The number of ether oxygens (including phenoxy) is 2. The van der Waals surface area contributed by atoms with Crippen LogP contribution in [0, 0.1) is 6.92 Å². The predicted molar refractivity (Wildman–Crippen MR) is 111 cm³/mol. The van der Waals surface area contributed by atoms with Crippen molar-refractivity contribution in [1.29, 1.82) is 0 Å². The number of methoxy groups -OCH3 is 1. The van der Waals surface area contributed by atoms with E-state index >= 15 is 0 Å². The molecule has 0 aliphatic carbocycles. The summed E-state index contributed by atoms with van der Waals surface area (Å²) in [5, 5.41) is 1.75. The van der Waals surface area contributed by atoms with Crippen LogP contribution in [0.1, 0.15) is 12.1 Å². The first-order valence-corrected chi connectivity index (χ1v) is 10.3. The van der Waals surface area contributed by atoms with Crippen LogP contribution in [0.3, 0.4) is 0 Å². The Morgan fingerprint density at radius 1 is 1.10 bits per heavy atom. The van der Waals surface area contributed by atoms with Crippen LogP contribution in [-0.2, 0) is 20.9 Å². The minimum atomic E-state index is -0.479. The number of amides is 1. The fourth-order valence-corrected chi connectivity index (χ4v) is 3.95. The molecule has 2 heterocycles. The summed E-state index contributed by atoms with van der Waals surface area (Å²) in [5.74, 6) is 0.132. The molecule has 9 heteroatoms. The number of rotatable bonds is 7. The number of hydrogen-bond acceptors (Lipinski definition) is 7. The molecule has 0 saturated carbocycles. The van der Waals surface area contributed by atoms with Crippen LogP contribution in [0.25, 0.3) is 0 Å². The van der Waals surface area contributed by atoms with Gasteiger partial charge in [0.1, 0.15) is 5.75 Å². The highest BCUT2D eigenvalue weighted by Crippen LogP contribution is 2.20. The second kappa shape index (κ2) is 9.60. The van der Waals surface area contributed by atoms with E-state index in [1.165, 1.54) is 4.57 Å². The third-order valence-corrected chi connectivity index (χ3v) is 5.82. The van der Waals surface area contributed by atoms with Gasteiger partial charge in [-0.25, -0.2) is 0 Å². The molecule has 0 unspecified atom stereocenters. The van der Waals surface area contributed by atoms with Gasteiger partial charge in [-0.05, 0) is 31.2 Å². The van der Waals surface area contributed by atoms with Gasteiger partial charge in [-0.15, -0.1) is 0 Å². The maximum absolute atomic E-state index is 12.3. The third kappa shape index (κ3) is 5.38. The minimum Gasteiger partial charge on any atom is -0.497 e. The second-order valence-electron chi connectivity index (χ2n) is 6.77. The number of benzene rings is 1. The molecule has 2 aromatic rings. The number of carbonyl (C=O) groups is 2. The Kier molecular flexibility index (Phi) is 6.92. The maximum Gasteiger partial charge on any atom is 0.308 e. The SMILES string of the molecule is COc1ccc(N2CCN(C(=O)COC(=O)CCn3c(C)csc3=O)CC2)cc1. The van der Waals surface area contributed by atoms with Crippen molar-refractivity contribution in [3.8, 4) is 5.75 Å². The van der Waals surface area contributed by atoms with Crippen LogP contribution in [-0.4, -0.2) is 61.2 Å². The van der Waals surface area contributed by atoms with Crippen LogP contribution in [0.15, 0.2) is 34.4 Å². The Hall–Kier alpha value is -2.81. The summed E-state index contributed by atoms with van der Waals surface area (Å²) in [4.78, 5) is 39.7. The zero-order valence-electron chi connectivity index (χ0n) is 16.6. The number of carbonyl (C=O) groups excluding carboxylic acids is 2. The predicted octanol–water partition coefficient (Wildman–Crippen LogP) is 1.51. The third-order valence-electron chi connectivity index (χ3n) is 4.94. The van der Waals surface area contributed by atoms with Crippen LogP contribution >= 0.6 is 11.3 Å². The van der Waals surface area contributed by atoms with Crippen molar-refractivity contribution in [1.82, 2.24) is 9.47 Å². The summed E-state index contributed by atoms with van der Waals surface area (Å²) in [6, 6.07) is 7.83. The highest BCUT2D eigenvalue weighted by molar-refractivity contribution is 7.07. The number of esters is 1. The molecule has 0 spiro atoms. The van der Waals surface area contributed by atoms with Crippen molar-refractivity contribution in [3.05, 3.63) is 45.0 Å². The Morgan fingerprint density at radius 3 is 2.38 bits per heavy atom. The minimum absolute atomic E-state index is 0.0655. The molecule has 29 heavy (non-hydrogen) atoms. The number of thiazole rings is 1. The van der Waals surface area contributed by atoms with E-state index in [9.17, 15) is 14.4 Å². The van der Waals surface area contributed by atoms with E-state index in [1.54, 1.807) is 17.4 Å².